The number of likely N-dealkylation sites (tertiary alicyclic amines) is 1. The van der Waals surface area contributed by atoms with Crippen molar-refractivity contribution in [3.05, 3.63) is 0 Å². The fourth-order valence-corrected chi connectivity index (χ4v) is 1.94. The molecule has 1 unspecified atom stereocenters. The average Bonchev–Trinajstić information content (AvgIpc) is 2.26. The van der Waals surface area contributed by atoms with Gasteiger partial charge >= 0.3 is 0 Å². The number of hydrogen-bond donors (Lipinski definition) is 3. The maximum Gasteiger partial charge on any atom is 0.140 e. The summed E-state index contributed by atoms with van der Waals surface area (Å²) in [5, 5.41) is 14.6. The van der Waals surface area contributed by atoms with Gasteiger partial charge in [-0.3, -0.25) is 0 Å². The number of oxime groups is 1. The maximum atomic E-state index is 8.35. The summed E-state index contributed by atoms with van der Waals surface area (Å²) in [4.78, 5) is 2.40. The highest BCUT2D eigenvalue weighted by Crippen LogP contribution is 2.13. The fourth-order valence-electron chi connectivity index (χ4n) is 1.94. The van der Waals surface area contributed by atoms with E-state index in [9.17, 15) is 0 Å². The predicted molar refractivity (Wildman–Crippen MR) is 61.2 cm³/mol. The molecule has 0 aromatic rings. The zero-order valence-electron chi connectivity index (χ0n) is 9.45. The third-order valence-corrected chi connectivity index (χ3v) is 2.99. The quantitative estimate of drug-likeness (QED) is 0.201. The van der Waals surface area contributed by atoms with E-state index in [1.165, 1.54) is 25.8 Å². The van der Waals surface area contributed by atoms with Crippen molar-refractivity contribution < 1.29 is 5.21 Å². The van der Waals surface area contributed by atoms with Crippen molar-refractivity contribution in [1.29, 1.82) is 0 Å². The standard InChI is InChI=1S/C10H22N4O/c1-14-7-3-2-4-9(14)8-12-6-5-10(11)13-15/h9,12,15H,2-8H2,1H3,(H2,11,13). The number of likely N-dealkylation sites (N-methyl/N-ethyl adjacent to an activating group) is 1. The van der Waals surface area contributed by atoms with Crippen molar-refractivity contribution in [2.75, 3.05) is 26.7 Å². The van der Waals surface area contributed by atoms with E-state index in [2.05, 4.69) is 22.4 Å². The molecule has 1 heterocycles. The molecular weight excluding hydrogens is 192 g/mol. The molecular formula is C10H22N4O. The number of nitrogens with one attached hydrogen (secondary N) is 1. The van der Waals surface area contributed by atoms with Gasteiger partial charge in [0.2, 0.25) is 0 Å². The van der Waals surface area contributed by atoms with Crippen LogP contribution in [-0.2, 0) is 0 Å². The minimum atomic E-state index is 0.291. The van der Waals surface area contributed by atoms with E-state index in [1.807, 2.05) is 0 Å². The number of rotatable bonds is 5. The van der Waals surface area contributed by atoms with Crippen molar-refractivity contribution in [2.24, 2.45) is 10.9 Å². The topological polar surface area (TPSA) is 73.9 Å². The van der Waals surface area contributed by atoms with Crippen molar-refractivity contribution in [2.45, 2.75) is 31.7 Å². The van der Waals surface area contributed by atoms with Gasteiger partial charge in [0.25, 0.3) is 0 Å². The summed E-state index contributed by atoms with van der Waals surface area (Å²) in [5.41, 5.74) is 5.37. The Labute approximate surface area is 91.3 Å². The largest absolute Gasteiger partial charge is 0.409 e. The predicted octanol–water partition coefficient (Wildman–Crippen LogP) is 0.197. The summed E-state index contributed by atoms with van der Waals surface area (Å²) in [6.45, 7) is 2.97. The van der Waals surface area contributed by atoms with E-state index in [0.717, 1.165) is 13.1 Å². The van der Waals surface area contributed by atoms with Crippen molar-refractivity contribution >= 4 is 5.84 Å². The molecule has 1 fully saturated rings. The minimum Gasteiger partial charge on any atom is -0.409 e. The van der Waals surface area contributed by atoms with Crippen LogP contribution in [0.4, 0.5) is 0 Å². The first-order valence-corrected chi connectivity index (χ1v) is 5.61. The smallest absolute Gasteiger partial charge is 0.140 e. The number of piperidine rings is 1. The first-order chi connectivity index (χ1) is 7.24. The molecule has 0 aromatic heterocycles. The highest BCUT2D eigenvalue weighted by molar-refractivity contribution is 5.79. The van der Waals surface area contributed by atoms with Crippen molar-refractivity contribution in [1.82, 2.24) is 10.2 Å². The Kier molecular flexibility index (Phi) is 5.42. The van der Waals surface area contributed by atoms with E-state index in [-0.39, 0.29) is 0 Å². The third kappa shape index (κ3) is 4.48. The van der Waals surface area contributed by atoms with Crippen molar-refractivity contribution in [3.8, 4) is 0 Å². The molecule has 0 aromatic carbocycles. The van der Waals surface area contributed by atoms with Crippen LogP contribution >= 0.6 is 0 Å². The SMILES string of the molecule is CN1CCCCC1CNCCC(N)=NO. The summed E-state index contributed by atoms with van der Waals surface area (Å²) in [6, 6.07) is 0.644. The van der Waals surface area contributed by atoms with Crippen LogP contribution in [0, 0.1) is 0 Å². The van der Waals surface area contributed by atoms with Crippen LogP contribution in [0.15, 0.2) is 5.16 Å². The van der Waals surface area contributed by atoms with Crippen LogP contribution in [0.5, 0.6) is 0 Å². The summed E-state index contributed by atoms with van der Waals surface area (Å²) >= 11 is 0. The summed E-state index contributed by atoms with van der Waals surface area (Å²) in [6.07, 6.45) is 4.52. The molecule has 88 valence electrons. The van der Waals surface area contributed by atoms with Crippen LogP contribution in [0.3, 0.4) is 0 Å². The second-order valence-corrected chi connectivity index (χ2v) is 4.18. The Morgan fingerprint density at radius 1 is 1.60 bits per heavy atom. The van der Waals surface area contributed by atoms with Crippen LogP contribution in [-0.4, -0.2) is 48.7 Å². The lowest BCUT2D eigenvalue weighted by molar-refractivity contribution is 0.182. The third-order valence-electron chi connectivity index (χ3n) is 2.99. The first-order valence-electron chi connectivity index (χ1n) is 5.61. The van der Waals surface area contributed by atoms with Gasteiger partial charge in [0.15, 0.2) is 0 Å². The monoisotopic (exact) mass is 214 g/mol. The van der Waals surface area contributed by atoms with Crippen molar-refractivity contribution in [3.63, 3.8) is 0 Å². The van der Waals surface area contributed by atoms with Crippen LogP contribution in [0.2, 0.25) is 0 Å². The second kappa shape index (κ2) is 6.63. The van der Waals surface area contributed by atoms with Gasteiger partial charge in [0.05, 0.1) is 0 Å². The van der Waals surface area contributed by atoms with Gasteiger partial charge in [-0.05, 0) is 26.4 Å². The molecule has 0 amide bonds. The van der Waals surface area contributed by atoms with Gasteiger partial charge in [-0.1, -0.05) is 11.6 Å². The van der Waals surface area contributed by atoms with Crippen LogP contribution in [0.25, 0.3) is 0 Å². The number of nitrogens with zero attached hydrogens (tertiary/aromatic N) is 2. The van der Waals surface area contributed by atoms with Crippen LogP contribution < -0.4 is 11.1 Å². The highest BCUT2D eigenvalue weighted by Gasteiger charge is 2.17. The molecule has 0 aliphatic carbocycles. The van der Waals surface area contributed by atoms with Gasteiger partial charge in [-0.15, -0.1) is 0 Å². The molecule has 1 aliphatic heterocycles. The fraction of sp³-hybridized carbons (Fsp3) is 0.900. The van der Waals surface area contributed by atoms with E-state index in [1.54, 1.807) is 0 Å². The lowest BCUT2D eigenvalue weighted by Crippen LogP contribution is -2.43. The summed E-state index contributed by atoms with van der Waals surface area (Å²) in [5.74, 6) is 0.291. The van der Waals surface area contributed by atoms with E-state index < -0.39 is 0 Å². The molecule has 5 heteroatoms. The molecule has 1 saturated heterocycles. The second-order valence-electron chi connectivity index (χ2n) is 4.18. The van der Waals surface area contributed by atoms with E-state index in [0.29, 0.717) is 18.3 Å². The summed E-state index contributed by atoms with van der Waals surface area (Å²) < 4.78 is 0. The van der Waals surface area contributed by atoms with Gasteiger partial charge in [-0.25, -0.2) is 0 Å². The Morgan fingerprint density at radius 2 is 2.40 bits per heavy atom. The Bertz CT molecular complexity index is 208. The molecule has 1 aliphatic rings. The number of hydrogen-bond acceptors (Lipinski definition) is 4. The zero-order chi connectivity index (χ0) is 11.1. The first kappa shape index (κ1) is 12.3. The lowest BCUT2D eigenvalue weighted by atomic mass is 10.0. The minimum absolute atomic E-state index is 0.291. The van der Waals surface area contributed by atoms with E-state index >= 15 is 0 Å². The summed E-state index contributed by atoms with van der Waals surface area (Å²) in [7, 11) is 2.18. The molecule has 1 atom stereocenters. The van der Waals surface area contributed by atoms with Gasteiger partial charge in [0, 0.05) is 25.6 Å². The molecule has 1 rings (SSSR count). The number of amidine groups is 1. The molecule has 0 saturated carbocycles. The van der Waals surface area contributed by atoms with Crippen LogP contribution in [0.1, 0.15) is 25.7 Å². The maximum absolute atomic E-state index is 8.35. The normalized spacial score (nSPS) is 24.3. The molecule has 0 radical (unpaired) electrons. The molecule has 0 bridgehead atoms. The van der Waals surface area contributed by atoms with E-state index in [4.69, 9.17) is 10.9 Å². The molecule has 0 spiro atoms. The Morgan fingerprint density at radius 3 is 3.07 bits per heavy atom. The molecule has 5 nitrogen and oxygen atoms in total. The average molecular weight is 214 g/mol. The number of nitrogens with two attached hydrogens (primary N) is 1. The Hall–Kier alpha value is -0.810. The zero-order valence-corrected chi connectivity index (χ0v) is 9.45. The Balaban J connectivity index is 2.08. The highest BCUT2D eigenvalue weighted by atomic mass is 16.4. The lowest BCUT2D eigenvalue weighted by Gasteiger charge is -2.32. The van der Waals surface area contributed by atoms with Gasteiger partial charge in [-0.2, -0.15) is 0 Å². The van der Waals surface area contributed by atoms with Gasteiger partial charge < -0.3 is 21.2 Å². The molecule has 4 N–H and O–H groups in total. The van der Waals surface area contributed by atoms with Gasteiger partial charge in [0.1, 0.15) is 5.84 Å². The molecule has 15 heavy (non-hydrogen) atoms.